The highest BCUT2D eigenvalue weighted by atomic mass is 16.1. The maximum atomic E-state index is 12.4. The topological polar surface area (TPSA) is 90.5 Å². The Balaban J connectivity index is 0.00000166. The second-order valence-corrected chi connectivity index (χ2v) is 7.22. The van der Waals surface area contributed by atoms with Crippen molar-refractivity contribution in [3.05, 3.63) is 66.0 Å². The predicted molar refractivity (Wildman–Crippen MR) is 124 cm³/mol. The SMILES string of the molecule is C=O.CN(C)CCCNC(=O)C1=CCC=C(N(C)Nc2cnnc3ccccc23)C=C1. The standard InChI is InChI=1S/C22H28N6O.CH2O/c1-27(2)15-7-14-23-22(29)17-8-6-9-18(13-12-17)28(3)26-21-16-24-25-20-11-5-4-10-19(20)21;1-2/h4-5,8-13,16H,6-7,14-15H2,1-3H3,(H,23,29)(H,25,26);1H2. The Hall–Kier alpha value is -3.52. The average molecular weight is 423 g/mol. The lowest BCUT2D eigenvalue weighted by atomic mass is 10.2. The molecule has 0 bridgehead atoms. The Kier molecular flexibility index (Phi) is 9.38. The van der Waals surface area contributed by atoms with Gasteiger partial charge in [-0.2, -0.15) is 10.2 Å². The number of hydrogen-bond acceptors (Lipinski definition) is 7. The minimum atomic E-state index is -0.0328. The number of amides is 1. The Morgan fingerprint density at radius 1 is 1.13 bits per heavy atom. The highest BCUT2D eigenvalue weighted by Gasteiger charge is 2.11. The van der Waals surface area contributed by atoms with Gasteiger partial charge in [0.25, 0.3) is 5.91 Å². The van der Waals surface area contributed by atoms with E-state index >= 15 is 0 Å². The Bertz CT molecular complexity index is 962. The summed E-state index contributed by atoms with van der Waals surface area (Å²) in [7, 11) is 6.00. The molecule has 0 spiro atoms. The fourth-order valence-corrected chi connectivity index (χ4v) is 3.08. The maximum absolute atomic E-state index is 12.4. The Labute approximate surface area is 183 Å². The van der Waals surface area contributed by atoms with E-state index in [-0.39, 0.29) is 5.91 Å². The second-order valence-electron chi connectivity index (χ2n) is 7.22. The zero-order valence-corrected chi connectivity index (χ0v) is 18.3. The number of fused-ring (bicyclic) bond motifs is 1. The van der Waals surface area contributed by atoms with Gasteiger partial charge in [-0.1, -0.05) is 30.4 Å². The van der Waals surface area contributed by atoms with Crippen molar-refractivity contribution in [3.8, 4) is 0 Å². The van der Waals surface area contributed by atoms with Crippen LogP contribution in [0.4, 0.5) is 5.69 Å². The van der Waals surface area contributed by atoms with Gasteiger partial charge in [-0.15, -0.1) is 0 Å². The molecular weight excluding hydrogens is 392 g/mol. The van der Waals surface area contributed by atoms with Crippen LogP contribution >= 0.6 is 0 Å². The molecule has 1 amide bonds. The Morgan fingerprint density at radius 2 is 1.90 bits per heavy atom. The third-order valence-corrected chi connectivity index (χ3v) is 4.65. The minimum absolute atomic E-state index is 0.0328. The van der Waals surface area contributed by atoms with Crippen molar-refractivity contribution in [1.29, 1.82) is 0 Å². The molecule has 0 unspecified atom stereocenters. The number of hydrogen-bond donors (Lipinski definition) is 2. The minimum Gasteiger partial charge on any atom is -0.352 e. The predicted octanol–water partition coefficient (Wildman–Crippen LogP) is 2.54. The van der Waals surface area contributed by atoms with Crippen LogP contribution in [0.2, 0.25) is 0 Å². The van der Waals surface area contributed by atoms with Crippen molar-refractivity contribution in [2.24, 2.45) is 0 Å². The van der Waals surface area contributed by atoms with Crippen LogP contribution in [0.15, 0.2) is 66.0 Å². The number of carbonyl (C=O) groups excluding carboxylic acids is 2. The molecule has 8 nitrogen and oxygen atoms in total. The van der Waals surface area contributed by atoms with Crippen molar-refractivity contribution >= 4 is 29.3 Å². The van der Waals surface area contributed by atoms with E-state index in [0.717, 1.165) is 35.3 Å². The summed E-state index contributed by atoms with van der Waals surface area (Å²) in [5.74, 6) is -0.0328. The molecule has 1 aromatic heterocycles. The molecule has 0 saturated carbocycles. The summed E-state index contributed by atoms with van der Waals surface area (Å²) in [5, 5.41) is 14.1. The average Bonchev–Trinajstić information content (AvgIpc) is 3.05. The first kappa shape index (κ1) is 23.8. The van der Waals surface area contributed by atoms with E-state index < -0.39 is 0 Å². The highest BCUT2D eigenvalue weighted by molar-refractivity contribution is 5.96. The van der Waals surface area contributed by atoms with Crippen LogP contribution < -0.4 is 10.7 Å². The molecule has 1 aliphatic rings. The molecule has 1 heterocycles. The van der Waals surface area contributed by atoms with Gasteiger partial charge in [-0.25, -0.2) is 0 Å². The van der Waals surface area contributed by atoms with Gasteiger partial charge in [0.15, 0.2) is 0 Å². The summed E-state index contributed by atoms with van der Waals surface area (Å²) in [4.78, 5) is 22.5. The number of anilines is 1. The van der Waals surface area contributed by atoms with Crippen molar-refractivity contribution in [2.45, 2.75) is 12.8 Å². The zero-order valence-electron chi connectivity index (χ0n) is 18.3. The third kappa shape index (κ3) is 7.04. The van der Waals surface area contributed by atoms with Crippen LogP contribution in [-0.4, -0.2) is 67.0 Å². The van der Waals surface area contributed by atoms with E-state index in [1.165, 1.54) is 0 Å². The molecule has 3 rings (SSSR count). The first-order valence-corrected chi connectivity index (χ1v) is 10.1. The molecule has 2 N–H and O–H groups in total. The lowest BCUT2D eigenvalue weighted by Gasteiger charge is -2.23. The van der Waals surface area contributed by atoms with E-state index in [9.17, 15) is 4.79 Å². The van der Waals surface area contributed by atoms with Gasteiger partial charge in [0.1, 0.15) is 6.79 Å². The molecule has 31 heavy (non-hydrogen) atoms. The first-order valence-electron chi connectivity index (χ1n) is 10.1. The summed E-state index contributed by atoms with van der Waals surface area (Å²) in [6.07, 6.45) is 11.2. The van der Waals surface area contributed by atoms with E-state index in [2.05, 4.69) is 31.9 Å². The quantitative estimate of drug-likeness (QED) is 0.499. The van der Waals surface area contributed by atoms with Crippen molar-refractivity contribution in [2.75, 3.05) is 39.7 Å². The van der Waals surface area contributed by atoms with Gasteiger partial charge in [-0.3, -0.25) is 15.2 Å². The van der Waals surface area contributed by atoms with Gasteiger partial charge in [0.05, 0.1) is 23.1 Å². The summed E-state index contributed by atoms with van der Waals surface area (Å²) in [6, 6.07) is 7.87. The molecule has 2 aromatic rings. The number of carbonyl (C=O) groups is 2. The van der Waals surface area contributed by atoms with Crippen molar-refractivity contribution in [1.82, 2.24) is 25.4 Å². The number of nitrogens with one attached hydrogen (secondary N) is 2. The molecular formula is C23H30N6O2. The van der Waals surface area contributed by atoms with Gasteiger partial charge in [-0.05, 0) is 51.7 Å². The number of allylic oxidation sites excluding steroid dienone is 3. The van der Waals surface area contributed by atoms with Crippen LogP contribution in [0, 0.1) is 0 Å². The van der Waals surface area contributed by atoms with Crippen molar-refractivity contribution in [3.63, 3.8) is 0 Å². The number of benzene rings is 1. The second kappa shape index (κ2) is 12.2. The van der Waals surface area contributed by atoms with Gasteiger partial charge in [0, 0.05) is 24.6 Å². The molecule has 0 atom stereocenters. The normalized spacial score (nSPS) is 12.9. The number of aromatic nitrogens is 2. The van der Waals surface area contributed by atoms with Crippen LogP contribution in [0.1, 0.15) is 12.8 Å². The molecule has 8 heteroatoms. The molecule has 1 aromatic carbocycles. The maximum Gasteiger partial charge on any atom is 0.250 e. The molecule has 0 radical (unpaired) electrons. The molecule has 0 fully saturated rings. The van der Waals surface area contributed by atoms with E-state index in [0.29, 0.717) is 18.5 Å². The van der Waals surface area contributed by atoms with E-state index in [4.69, 9.17) is 4.79 Å². The smallest absolute Gasteiger partial charge is 0.250 e. The molecule has 1 aliphatic carbocycles. The first-order chi connectivity index (χ1) is 15.0. The van der Waals surface area contributed by atoms with Crippen LogP contribution in [0.5, 0.6) is 0 Å². The van der Waals surface area contributed by atoms with Gasteiger partial charge >= 0.3 is 0 Å². The number of likely N-dealkylation sites (N-methyl/N-ethyl adjacent to an activating group) is 1. The molecule has 0 saturated heterocycles. The monoisotopic (exact) mass is 422 g/mol. The molecule has 164 valence electrons. The van der Waals surface area contributed by atoms with Crippen molar-refractivity contribution < 1.29 is 9.59 Å². The van der Waals surface area contributed by atoms with E-state index in [1.54, 1.807) is 6.20 Å². The van der Waals surface area contributed by atoms with Gasteiger partial charge in [0.2, 0.25) is 0 Å². The zero-order chi connectivity index (χ0) is 22.6. The summed E-state index contributed by atoms with van der Waals surface area (Å²) >= 11 is 0. The third-order valence-electron chi connectivity index (χ3n) is 4.65. The fraction of sp³-hybridized carbons (Fsp3) is 0.304. The van der Waals surface area contributed by atoms with Crippen LogP contribution in [0.3, 0.4) is 0 Å². The fourth-order valence-electron chi connectivity index (χ4n) is 3.08. The lowest BCUT2D eigenvalue weighted by molar-refractivity contribution is -0.117. The van der Waals surface area contributed by atoms with Crippen LogP contribution in [-0.2, 0) is 9.59 Å². The van der Waals surface area contributed by atoms with E-state index in [1.807, 2.05) is 75.4 Å². The lowest BCUT2D eigenvalue weighted by Crippen LogP contribution is -2.28. The highest BCUT2D eigenvalue weighted by Crippen LogP contribution is 2.22. The molecule has 0 aliphatic heterocycles. The summed E-state index contributed by atoms with van der Waals surface area (Å²) in [5.41, 5.74) is 6.73. The number of nitrogens with zero attached hydrogens (tertiary/aromatic N) is 4. The Morgan fingerprint density at radius 3 is 2.68 bits per heavy atom. The summed E-state index contributed by atoms with van der Waals surface area (Å²) in [6.45, 7) is 3.63. The summed E-state index contributed by atoms with van der Waals surface area (Å²) < 4.78 is 0. The largest absolute Gasteiger partial charge is 0.352 e. The van der Waals surface area contributed by atoms with Gasteiger partial charge < -0.3 is 15.0 Å². The number of hydrazine groups is 1. The number of rotatable bonds is 8. The van der Waals surface area contributed by atoms with Crippen LogP contribution in [0.25, 0.3) is 10.9 Å².